The first-order chi connectivity index (χ1) is 16.4. The van der Waals surface area contributed by atoms with Crippen molar-refractivity contribution in [2.75, 3.05) is 40.4 Å². The van der Waals surface area contributed by atoms with E-state index in [4.69, 9.17) is 9.47 Å². The lowest BCUT2D eigenvalue weighted by atomic mass is 9.94. The normalized spacial score (nSPS) is 16.1. The summed E-state index contributed by atoms with van der Waals surface area (Å²) in [6, 6.07) is 13.8. The molecule has 1 atom stereocenters. The highest BCUT2D eigenvalue weighted by molar-refractivity contribution is 6.14. The summed E-state index contributed by atoms with van der Waals surface area (Å²) >= 11 is 0. The van der Waals surface area contributed by atoms with E-state index in [9.17, 15) is 14.7 Å². The largest absolute Gasteiger partial charge is 0.503 e. The minimum absolute atomic E-state index is 0.0418. The number of likely N-dealkylation sites (N-methyl/N-ethyl adjacent to an activating group) is 1. The number of allylic oxidation sites excluding steroid dienone is 1. The van der Waals surface area contributed by atoms with Gasteiger partial charge in [-0.1, -0.05) is 50.3 Å². The van der Waals surface area contributed by atoms with Gasteiger partial charge in [-0.2, -0.15) is 0 Å². The zero-order valence-electron chi connectivity index (χ0n) is 20.2. The Labute approximate surface area is 200 Å². The van der Waals surface area contributed by atoms with Crippen molar-refractivity contribution in [2.24, 2.45) is 0 Å². The van der Waals surface area contributed by atoms with Crippen LogP contribution in [-0.4, -0.2) is 67.0 Å². The van der Waals surface area contributed by atoms with Crippen molar-refractivity contribution in [1.82, 2.24) is 9.80 Å². The number of methoxy groups -OCH3 is 2. The number of aliphatic hydroxyl groups is 1. The van der Waals surface area contributed by atoms with Crippen molar-refractivity contribution in [3.63, 3.8) is 0 Å². The predicted molar refractivity (Wildman–Crippen MR) is 132 cm³/mol. The molecule has 1 aliphatic rings. The number of nitrogens with zero attached hydrogens (tertiary/aromatic N) is 2. The van der Waals surface area contributed by atoms with Gasteiger partial charge in [0, 0.05) is 24.7 Å². The summed E-state index contributed by atoms with van der Waals surface area (Å²) in [5.74, 6) is -0.457. The summed E-state index contributed by atoms with van der Waals surface area (Å²) in [4.78, 5) is 30.2. The third-order valence-electron chi connectivity index (χ3n) is 6.08. The van der Waals surface area contributed by atoms with Crippen molar-refractivity contribution in [1.29, 1.82) is 0 Å². The first-order valence-corrected chi connectivity index (χ1v) is 11.4. The number of hydrogen-bond donors (Lipinski definition) is 1. The van der Waals surface area contributed by atoms with Crippen LogP contribution in [0.15, 0.2) is 65.9 Å². The van der Waals surface area contributed by atoms with E-state index in [1.807, 2.05) is 30.3 Å². The van der Waals surface area contributed by atoms with Gasteiger partial charge in [0.05, 0.1) is 25.8 Å². The zero-order chi connectivity index (χ0) is 24.7. The van der Waals surface area contributed by atoms with Crippen LogP contribution in [0.2, 0.25) is 0 Å². The van der Waals surface area contributed by atoms with Crippen molar-refractivity contribution < 1.29 is 24.2 Å². The number of ketones is 1. The highest BCUT2D eigenvalue weighted by atomic mass is 16.5. The smallest absolute Gasteiger partial charge is 0.290 e. The lowest BCUT2D eigenvalue weighted by Gasteiger charge is -2.30. The molecule has 34 heavy (non-hydrogen) atoms. The van der Waals surface area contributed by atoms with Crippen LogP contribution in [0.1, 0.15) is 31.0 Å². The van der Waals surface area contributed by atoms with Gasteiger partial charge < -0.3 is 24.4 Å². The molecule has 2 aromatic carbocycles. The summed E-state index contributed by atoms with van der Waals surface area (Å²) in [6.45, 7) is 6.74. The first kappa shape index (κ1) is 25.1. The molecule has 1 aliphatic heterocycles. The molecule has 0 aliphatic carbocycles. The monoisotopic (exact) mass is 464 g/mol. The third kappa shape index (κ3) is 5.31. The molecule has 0 aromatic heterocycles. The second-order valence-electron chi connectivity index (χ2n) is 7.91. The topological polar surface area (TPSA) is 79.3 Å². The van der Waals surface area contributed by atoms with Crippen molar-refractivity contribution in [3.8, 4) is 11.5 Å². The molecule has 1 heterocycles. The number of amides is 1. The second kappa shape index (κ2) is 11.5. The average molecular weight is 465 g/mol. The standard InChI is InChI=1S/C27H32N2O5/c1-5-28(6-2)16-17-29-25(21-14-13-20(33-3)18-23(21)34-4)24(26(31)27(29)32)22(30)15-12-19-10-8-7-9-11-19/h7-15,18,25,31H,5-6,16-17H2,1-4H3/b15-12+/t25-/m1/s1. The van der Waals surface area contributed by atoms with Crippen LogP contribution >= 0.6 is 0 Å². The quantitative estimate of drug-likeness (QED) is 0.506. The molecule has 1 N–H and O–H groups in total. The Balaban J connectivity index is 2.03. The maximum absolute atomic E-state index is 13.3. The summed E-state index contributed by atoms with van der Waals surface area (Å²) in [7, 11) is 3.08. The molecule has 3 rings (SSSR count). The average Bonchev–Trinajstić information content (AvgIpc) is 3.13. The number of hydrogen-bond acceptors (Lipinski definition) is 6. The maximum atomic E-state index is 13.3. The lowest BCUT2D eigenvalue weighted by Crippen LogP contribution is -2.38. The molecule has 180 valence electrons. The fourth-order valence-corrected chi connectivity index (χ4v) is 4.12. The van der Waals surface area contributed by atoms with Gasteiger partial charge in [-0.05, 0) is 36.9 Å². The van der Waals surface area contributed by atoms with E-state index >= 15 is 0 Å². The van der Waals surface area contributed by atoms with Crippen LogP contribution in [0.25, 0.3) is 6.08 Å². The van der Waals surface area contributed by atoms with Gasteiger partial charge in [-0.3, -0.25) is 9.59 Å². The predicted octanol–water partition coefficient (Wildman–Crippen LogP) is 4.02. The maximum Gasteiger partial charge on any atom is 0.290 e. The fraction of sp³-hybridized carbons (Fsp3) is 0.333. The summed E-state index contributed by atoms with van der Waals surface area (Å²) in [5, 5.41) is 10.8. The minimum Gasteiger partial charge on any atom is -0.503 e. The molecule has 0 saturated carbocycles. The van der Waals surface area contributed by atoms with E-state index in [-0.39, 0.29) is 5.57 Å². The molecule has 0 bridgehead atoms. The Bertz CT molecular complexity index is 1070. The van der Waals surface area contributed by atoms with Gasteiger partial charge in [0.2, 0.25) is 0 Å². The fourth-order valence-electron chi connectivity index (χ4n) is 4.12. The van der Waals surface area contributed by atoms with Gasteiger partial charge in [-0.25, -0.2) is 0 Å². The van der Waals surface area contributed by atoms with Crippen LogP contribution in [0.5, 0.6) is 11.5 Å². The molecule has 0 saturated heterocycles. The van der Waals surface area contributed by atoms with E-state index in [2.05, 4.69) is 18.7 Å². The summed E-state index contributed by atoms with van der Waals surface area (Å²) < 4.78 is 10.9. The van der Waals surface area contributed by atoms with E-state index in [0.717, 1.165) is 18.7 Å². The highest BCUT2D eigenvalue weighted by Crippen LogP contribution is 2.42. The minimum atomic E-state index is -0.781. The number of aliphatic hydroxyl groups excluding tert-OH is 1. The summed E-state index contributed by atoms with van der Waals surface area (Å²) in [5.41, 5.74) is 1.49. The molecule has 7 nitrogen and oxygen atoms in total. The number of rotatable bonds is 11. The molecule has 0 spiro atoms. The molecule has 2 aromatic rings. The van der Waals surface area contributed by atoms with E-state index < -0.39 is 23.5 Å². The van der Waals surface area contributed by atoms with E-state index in [1.165, 1.54) is 13.2 Å². The highest BCUT2D eigenvalue weighted by Gasteiger charge is 2.44. The first-order valence-electron chi connectivity index (χ1n) is 11.4. The number of benzene rings is 2. The lowest BCUT2D eigenvalue weighted by molar-refractivity contribution is -0.129. The zero-order valence-corrected chi connectivity index (χ0v) is 20.2. The Hall–Kier alpha value is -3.58. The second-order valence-corrected chi connectivity index (χ2v) is 7.91. The summed E-state index contributed by atoms with van der Waals surface area (Å²) in [6.07, 6.45) is 3.07. The van der Waals surface area contributed by atoms with Gasteiger partial charge in [-0.15, -0.1) is 0 Å². The SMILES string of the molecule is CCN(CC)CCN1C(=O)C(O)=C(C(=O)/C=C/c2ccccc2)[C@H]1c1ccc(OC)cc1OC. The molecule has 0 fully saturated rings. The van der Waals surface area contributed by atoms with Gasteiger partial charge >= 0.3 is 0 Å². The number of ether oxygens (including phenoxy) is 2. The molecule has 0 unspecified atom stereocenters. The Morgan fingerprint density at radius 2 is 1.79 bits per heavy atom. The molecular formula is C27H32N2O5. The van der Waals surface area contributed by atoms with Gasteiger partial charge in [0.1, 0.15) is 11.5 Å². The van der Waals surface area contributed by atoms with Gasteiger partial charge in [0.15, 0.2) is 11.5 Å². The molecule has 0 radical (unpaired) electrons. The Morgan fingerprint density at radius 1 is 1.09 bits per heavy atom. The number of carbonyl (C=O) groups is 2. The van der Waals surface area contributed by atoms with E-state index in [0.29, 0.717) is 30.2 Å². The number of carbonyl (C=O) groups excluding carboxylic acids is 2. The van der Waals surface area contributed by atoms with E-state index in [1.54, 1.807) is 36.3 Å². The Morgan fingerprint density at radius 3 is 2.41 bits per heavy atom. The van der Waals surface area contributed by atoms with Crippen molar-refractivity contribution in [2.45, 2.75) is 19.9 Å². The van der Waals surface area contributed by atoms with Crippen LogP contribution in [0, 0.1) is 0 Å². The molecular weight excluding hydrogens is 432 g/mol. The van der Waals surface area contributed by atoms with Crippen LogP contribution < -0.4 is 9.47 Å². The Kier molecular flexibility index (Phi) is 8.49. The van der Waals surface area contributed by atoms with Gasteiger partial charge in [0.25, 0.3) is 5.91 Å². The van der Waals surface area contributed by atoms with Crippen LogP contribution in [0.4, 0.5) is 0 Å². The molecule has 1 amide bonds. The van der Waals surface area contributed by atoms with Crippen LogP contribution in [-0.2, 0) is 9.59 Å². The molecule has 7 heteroatoms. The van der Waals surface area contributed by atoms with Crippen molar-refractivity contribution >= 4 is 17.8 Å². The third-order valence-corrected chi connectivity index (χ3v) is 6.08. The van der Waals surface area contributed by atoms with Crippen LogP contribution in [0.3, 0.4) is 0 Å². The van der Waals surface area contributed by atoms with Crippen molar-refractivity contribution in [3.05, 3.63) is 77.1 Å².